The van der Waals surface area contributed by atoms with Crippen LogP contribution in [0, 0.1) is 18.3 Å². The first kappa shape index (κ1) is 13.3. The molecule has 0 spiro atoms. The Hall–Kier alpha value is -2.12. The van der Waals surface area contributed by atoms with Gasteiger partial charge in [0, 0.05) is 6.26 Å². The summed E-state index contributed by atoms with van der Waals surface area (Å²) in [6, 6.07) is 14.8. The molecule has 0 aliphatic carbocycles. The van der Waals surface area contributed by atoms with Crippen molar-refractivity contribution in [1.29, 1.82) is 5.26 Å². The van der Waals surface area contributed by atoms with Crippen LogP contribution >= 0.6 is 0 Å². The van der Waals surface area contributed by atoms with Crippen LogP contribution in [0.1, 0.15) is 11.1 Å². The fraction of sp³-hybridized carbons (Fsp3) is 0.133. The van der Waals surface area contributed by atoms with Crippen molar-refractivity contribution in [2.45, 2.75) is 11.8 Å². The standard InChI is InChI=1S/C15H13NO2S/c1-11-14(10-16)13(12-6-4-3-5-7-12)8-9-15(11)19(2,17)18/h3-9H,1-2H3. The van der Waals surface area contributed by atoms with Crippen molar-refractivity contribution in [2.75, 3.05) is 6.26 Å². The molecule has 0 saturated carbocycles. The van der Waals surface area contributed by atoms with E-state index in [4.69, 9.17) is 0 Å². The quantitative estimate of drug-likeness (QED) is 0.843. The van der Waals surface area contributed by atoms with Gasteiger partial charge in [0.05, 0.1) is 10.5 Å². The molecule has 0 aromatic heterocycles. The fourth-order valence-electron chi connectivity index (χ4n) is 2.10. The Morgan fingerprint density at radius 2 is 1.68 bits per heavy atom. The third kappa shape index (κ3) is 2.51. The van der Waals surface area contributed by atoms with Crippen molar-refractivity contribution >= 4 is 9.84 Å². The third-order valence-electron chi connectivity index (χ3n) is 3.01. The Morgan fingerprint density at radius 3 is 2.21 bits per heavy atom. The van der Waals surface area contributed by atoms with Crippen LogP contribution in [0.5, 0.6) is 0 Å². The number of nitrogens with zero attached hydrogens (tertiary/aromatic N) is 1. The number of sulfone groups is 1. The molecule has 19 heavy (non-hydrogen) atoms. The molecule has 0 bridgehead atoms. The summed E-state index contributed by atoms with van der Waals surface area (Å²) in [5, 5.41) is 9.31. The molecule has 0 amide bonds. The van der Waals surface area contributed by atoms with Gasteiger partial charge in [-0.05, 0) is 29.7 Å². The van der Waals surface area contributed by atoms with E-state index < -0.39 is 9.84 Å². The van der Waals surface area contributed by atoms with Crippen LogP contribution in [-0.4, -0.2) is 14.7 Å². The smallest absolute Gasteiger partial charge is 0.175 e. The molecule has 4 heteroatoms. The van der Waals surface area contributed by atoms with Crippen molar-refractivity contribution in [3.05, 3.63) is 53.6 Å². The van der Waals surface area contributed by atoms with Crippen molar-refractivity contribution in [1.82, 2.24) is 0 Å². The third-order valence-corrected chi connectivity index (χ3v) is 4.25. The first-order valence-electron chi connectivity index (χ1n) is 5.74. The van der Waals surface area contributed by atoms with Gasteiger partial charge in [0.1, 0.15) is 6.07 Å². The van der Waals surface area contributed by atoms with Crippen LogP contribution in [0.3, 0.4) is 0 Å². The molecule has 0 atom stereocenters. The SMILES string of the molecule is Cc1c(S(C)(=O)=O)ccc(-c2ccccc2)c1C#N. The average molecular weight is 271 g/mol. The van der Waals surface area contributed by atoms with Crippen molar-refractivity contribution in [3.8, 4) is 17.2 Å². The van der Waals surface area contributed by atoms with Gasteiger partial charge in [0.25, 0.3) is 0 Å². The highest BCUT2D eigenvalue weighted by Gasteiger charge is 2.17. The Morgan fingerprint density at radius 1 is 1.05 bits per heavy atom. The monoisotopic (exact) mass is 271 g/mol. The minimum atomic E-state index is -3.32. The number of hydrogen-bond acceptors (Lipinski definition) is 3. The molecule has 2 aromatic carbocycles. The largest absolute Gasteiger partial charge is 0.224 e. The van der Waals surface area contributed by atoms with Gasteiger partial charge in [-0.15, -0.1) is 0 Å². The summed E-state index contributed by atoms with van der Waals surface area (Å²) in [4.78, 5) is 0.212. The van der Waals surface area contributed by atoms with Crippen LogP contribution in [0.25, 0.3) is 11.1 Å². The Kier molecular flexibility index (Phi) is 3.41. The summed E-state index contributed by atoms with van der Waals surface area (Å²) in [7, 11) is -3.32. The average Bonchev–Trinajstić information content (AvgIpc) is 2.37. The summed E-state index contributed by atoms with van der Waals surface area (Å²) >= 11 is 0. The van der Waals surface area contributed by atoms with Gasteiger partial charge in [-0.1, -0.05) is 36.4 Å². The molecule has 0 unspecified atom stereocenters. The Balaban J connectivity index is 2.75. The maximum atomic E-state index is 11.7. The fourth-order valence-corrected chi connectivity index (χ4v) is 3.07. The lowest BCUT2D eigenvalue weighted by molar-refractivity contribution is 0.601. The molecule has 2 aromatic rings. The van der Waals surface area contributed by atoms with Crippen LogP contribution in [0.2, 0.25) is 0 Å². The van der Waals surface area contributed by atoms with E-state index >= 15 is 0 Å². The predicted molar refractivity (Wildman–Crippen MR) is 74.4 cm³/mol. The summed E-state index contributed by atoms with van der Waals surface area (Å²) in [6.45, 7) is 1.67. The predicted octanol–water partition coefficient (Wildman–Crippen LogP) is 2.94. The highest BCUT2D eigenvalue weighted by atomic mass is 32.2. The van der Waals surface area contributed by atoms with E-state index in [2.05, 4.69) is 6.07 Å². The van der Waals surface area contributed by atoms with Crippen molar-refractivity contribution in [3.63, 3.8) is 0 Å². The molecule has 2 rings (SSSR count). The summed E-state index contributed by atoms with van der Waals surface area (Å²) in [5.41, 5.74) is 2.58. The van der Waals surface area contributed by atoms with E-state index in [9.17, 15) is 13.7 Å². The number of rotatable bonds is 2. The lowest BCUT2D eigenvalue weighted by atomic mass is 9.97. The van der Waals surface area contributed by atoms with Gasteiger partial charge in [-0.3, -0.25) is 0 Å². The first-order valence-corrected chi connectivity index (χ1v) is 7.63. The van der Waals surface area contributed by atoms with Gasteiger partial charge in [-0.2, -0.15) is 5.26 Å². The molecule has 0 heterocycles. The van der Waals surface area contributed by atoms with Gasteiger partial charge in [0.2, 0.25) is 0 Å². The molecule has 0 aliphatic heterocycles. The summed E-state index contributed by atoms with van der Waals surface area (Å²) in [6.07, 6.45) is 1.15. The minimum absolute atomic E-state index is 0.212. The second kappa shape index (κ2) is 4.87. The van der Waals surface area contributed by atoms with Gasteiger partial charge in [0.15, 0.2) is 9.84 Å². The highest BCUT2D eigenvalue weighted by Crippen LogP contribution is 2.29. The van der Waals surface area contributed by atoms with E-state index in [0.29, 0.717) is 11.1 Å². The maximum absolute atomic E-state index is 11.7. The van der Waals surface area contributed by atoms with Crippen LogP contribution in [0.15, 0.2) is 47.4 Å². The molecule has 0 saturated heterocycles. The molecular weight excluding hydrogens is 258 g/mol. The first-order chi connectivity index (χ1) is 8.95. The second-order valence-corrected chi connectivity index (χ2v) is 6.35. The lowest BCUT2D eigenvalue weighted by Gasteiger charge is -2.10. The number of hydrogen-bond donors (Lipinski definition) is 0. The van der Waals surface area contributed by atoms with E-state index in [1.54, 1.807) is 19.1 Å². The highest BCUT2D eigenvalue weighted by molar-refractivity contribution is 7.90. The molecule has 3 nitrogen and oxygen atoms in total. The minimum Gasteiger partial charge on any atom is -0.224 e. The lowest BCUT2D eigenvalue weighted by Crippen LogP contribution is -2.02. The van der Waals surface area contributed by atoms with Gasteiger partial charge in [-0.25, -0.2) is 8.42 Å². The summed E-state index contributed by atoms with van der Waals surface area (Å²) < 4.78 is 23.3. The van der Waals surface area contributed by atoms with Crippen LogP contribution < -0.4 is 0 Å². The van der Waals surface area contributed by atoms with Crippen LogP contribution in [0.4, 0.5) is 0 Å². The van der Waals surface area contributed by atoms with Crippen LogP contribution in [-0.2, 0) is 9.84 Å². The molecule has 0 fully saturated rings. The molecule has 0 radical (unpaired) electrons. The summed E-state index contributed by atoms with van der Waals surface area (Å²) in [5.74, 6) is 0. The van der Waals surface area contributed by atoms with E-state index in [1.807, 2.05) is 30.3 Å². The van der Waals surface area contributed by atoms with E-state index in [-0.39, 0.29) is 4.90 Å². The Bertz CT molecular complexity index is 757. The molecule has 0 N–H and O–H groups in total. The second-order valence-electron chi connectivity index (χ2n) is 4.36. The zero-order chi connectivity index (χ0) is 14.0. The maximum Gasteiger partial charge on any atom is 0.175 e. The van der Waals surface area contributed by atoms with Crippen molar-refractivity contribution < 1.29 is 8.42 Å². The molecule has 96 valence electrons. The van der Waals surface area contributed by atoms with Gasteiger partial charge < -0.3 is 0 Å². The van der Waals surface area contributed by atoms with E-state index in [1.165, 1.54) is 0 Å². The molecular formula is C15H13NO2S. The van der Waals surface area contributed by atoms with E-state index in [0.717, 1.165) is 17.4 Å². The molecule has 0 aliphatic rings. The zero-order valence-corrected chi connectivity index (χ0v) is 11.5. The normalized spacial score (nSPS) is 11.0. The topological polar surface area (TPSA) is 57.9 Å². The van der Waals surface area contributed by atoms with Crippen molar-refractivity contribution in [2.24, 2.45) is 0 Å². The number of benzene rings is 2. The zero-order valence-electron chi connectivity index (χ0n) is 10.7. The Labute approximate surface area is 113 Å². The number of nitriles is 1. The van der Waals surface area contributed by atoms with Gasteiger partial charge >= 0.3 is 0 Å².